The average molecular weight is 285 g/mol. The van der Waals surface area contributed by atoms with Crippen LogP contribution in [0.25, 0.3) is 10.9 Å². The van der Waals surface area contributed by atoms with Crippen molar-refractivity contribution in [2.75, 3.05) is 32.1 Å². The van der Waals surface area contributed by atoms with Gasteiger partial charge in [-0.2, -0.15) is 0 Å². The molecule has 0 atom stereocenters. The predicted molar refractivity (Wildman–Crippen MR) is 86.6 cm³/mol. The average Bonchev–Trinajstić information content (AvgIpc) is 2.53. The molecule has 1 fully saturated rings. The number of likely N-dealkylation sites (tertiary alicyclic amines) is 1. The Labute approximate surface area is 126 Å². The molecular weight excluding hydrogens is 262 g/mol. The Bertz CT molecular complexity index is 620. The summed E-state index contributed by atoms with van der Waals surface area (Å²) in [6.07, 6.45) is 2.33. The number of aromatic nitrogens is 1. The first kappa shape index (κ1) is 14.3. The second-order valence-corrected chi connectivity index (χ2v) is 5.96. The van der Waals surface area contributed by atoms with Gasteiger partial charge in [-0.05, 0) is 50.7 Å². The second-order valence-electron chi connectivity index (χ2n) is 5.96. The molecule has 3 rings (SSSR count). The lowest BCUT2D eigenvalue weighted by atomic mass is 10.0. The maximum atomic E-state index is 9.63. The number of piperidine rings is 1. The molecule has 4 nitrogen and oxygen atoms in total. The van der Waals surface area contributed by atoms with Gasteiger partial charge < -0.3 is 14.9 Å². The van der Waals surface area contributed by atoms with Gasteiger partial charge in [0.1, 0.15) is 5.82 Å². The smallest absolute Gasteiger partial charge is 0.129 e. The Kier molecular flexibility index (Phi) is 4.08. The molecule has 21 heavy (non-hydrogen) atoms. The Morgan fingerprint density at radius 1 is 1.29 bits per heavy atom. The van der Waals surface area contributed by atoms with Crippen molar-refractivity contribution in [1.29, 1.82) is 0 Å². The van der Waals surface area contributed by atoms with Crippen LogP contribution in [0.1, 0.15) is 18.4 Å². The fourth-order valence-corrected chi connectivity index (χ4v) is 3.11. The number of rotatable bonds is 3. The molecular formula is C17H23N3O. The lowest BCUT2D eigenvalue weighted by Crippen LogP contribution is -2.42. The zero-order valence-corrected chi connectivity index (χ0v) is 12.8. The summed E-state index contributed by atoms with van der Waals surface area (Å²) in [5.41, 5.74) is 1.91. The maximum absolute atomic E-state index is 9.63. The van der Waals surface area contributed by atoms with Crippen LogP contribution in [0.3, 0.4) is 0 Å². The summed E-state index contributed by atoms with van der Waals surface area (Å²) in [5, 5.41) is 10.7. The van der Waals surface area contributed by atoms with Gasteiger partial charge in [-0.25, -0.2) is 4.98 Å². The molecule has 4 heteroatoms. The zero-order valence-electron chi connectivity index (χ0n) is 12.8. The Hall–Kier alpha value is -1.65. The van der Waals surface area contributed by atoms with E-state index in [1.165, 1.54) is 0 Å². The molecule has 0 unspecified atom stereocenters. The van der Waals surface area contributed by atoms with E-state index in [4.69, 9.17) is 4.98 Å². The second kappa shape index (κ2) is 6.00. The van der Waals surface area contributed by atoms with Crippen molar-refractivity contribution in [3.05, 3.63) is 35.9 Å². The maximum Gasteiger partial charge on any atom is 0.129 e. The third-order valence-corrected chi connectivity index (χ3v) is 4.56. The van der Waals surface area contributed by atoms with E-state index in [-0.39, 0.29) is 6.61 Å². The van der Waals surface area contributed by atoms with E-state index in [0.717, 1.165) is 48.2 Å². The van der Waals surface area contributed by atoms with Gasteiger partial charge >= 0.3 is 0 Å². The van der Waals surface area contributed by atoms with Crippen molar-refractivity contribution in [2.45, 2.75) is 25.5 Å². The number of pyridine rings is 1. The fraction of sp³-hybridized carbons (Fsp3) is 0.471. The highest BCUT2D eigenvalue weighted by Gasteiger charge is 2.22. The topological polar surface area (TPSA) is 39.6 Å². The highest BCUT2D eigenvalue weighted by atomic mass is 16.3. The summed E-state index contributed by atoms with van der Waals surface area (Å²) in [6, 6.07) is 10.6. The Balaban J connectivity index is 1.92. The molecule has 112 valence electrons. The molecule has 1 saturated heterocycles. The first-order chi connectivity index (χ1) is 10.2. The van der Waals surface area contributed by atoms with Crippen LogP contribution in [0.2, 0.25) is 0 Å². The molecule has 0 spiro atoms. The number of hydrogen-bond donors (Lipinski definition) is 1. The lowest BCUT2D eigenvalue weighted by molar-refractivity contribution is 0.252. The van der Waals surface area contributed by atoms with E-state index >= 15 is 0 Å². The predicted octanol–water partition coefficient (Wildman–Crippen LogP) is 2.26. The van der Waals surface area contributed by atoms with Crippen molar-refractivity contribution in [1.82, 2.24) is 9.88 Å². The van der Waals surface area contributed by atoms with Crippen molar-refractivity contribution < 1.29 is 5.11 Å². The standard InChI is InChI=1S/C17H23N3O/c1-19-9-7-14(8-10-19)20(2)17-11-13(12-21)15-5-3-4-6-16(15)18-17/h3-6,11,14,21H,7-10,12H2,1-2H3. The van der Waals surface area contributed by atoms with Crippen molar-refractivity contribution in [2.24, 2.45) is 0 Å². The summed E-state index contributed by atoms with van der Waals surface area (Å²) in [6.45, 7) is 2.32. The number of aliphatic hydroxyl groups excluding tert-OH is 1. The summed E-state index contributed by atoms with van der Waals surface area (Å²) in [5.74, 6) is 0.965. The van der Waals surface area contributed by atoms with Crippen LogP contribution in [-0.2, 0) is 6.61 Å². The number of benzene rings is 1. The van der Waals surface area contributed by atoms with Crippen LogP contribution in [0.15, 0.2) is 30.3 Å². The van der Waals surface area contributed by atoms with Crippen LogP contribution < -0.4 is 4.90 Å². The SMILES string of the molecule is CN1CCC(N(C)c2cc(CO)c3ccccc3n2)CC1. The Morgan fingerprint density at radius 2 is 2.00 bits per heavy atom. The first-order valence-corrected chi connectivity index (χ1v) is 7.60. The molecule has 1 aliphatic rings. The van der Waals surface area contributed by atoms with Crippen LogP contribution in [0.4, 0.5) is 5.82 Å². The van der Waals surface area contributed by atoms with Gasteiger partial charge in [-0.3, -0.25) is 0 Å². The molecule has 1 aromatic heterocycles. The summed E-state index contributed by atoms with van der Waals surface area (Å²) in [7, 11) is 4.29. The zero-order chi connectivity index (χ0) is 14.8. The van der Waals surface area contributed by atoms with Crippen molar-refractivity contribution in [3.63, 3.8) is 0 Å². The van der Waals surface area contributed by atoms with Gasteiger partial charge in [0.05, 0.1) is 12.1 Å². The number of aliphatic hydroxyl groups is 1. The van der Waals surface area contributed by atoms with E-state index in [1.807, 2.05) is 30.3 Å². The highest BCUT2D eigenvalue weighted by molar-refractivity contribution is 5.84. The minimum atomic E-state index is 0.0529. The molecule has 0 aliphatic carbocycles. The molecule has 0 radical (unpaired) electrons. The van der Waals surface area contributed by atoms with Gasteiger partial charge in [0.25, 0.3) is 0 Å². The normalized spacial score (nSPS) is 17.3. The Morgan fingerprint density at radius 3 is 2.71 bits per heavy atom. The van der Waals surface area contributed by atoms with Gasteiger partial charge in [-0.1, -0.05) is 18.2 Å². The quantitative estimate of drug-likeness (QED) is 0.939. The number of para-hydroxylation sites is 1. The monoisotopic (exact) mass is 285 g/mol. The number of fused-ring (bicyclic) bond motifs is 1. The van der Waals surface area contributed by atoms with Gasteiger partial charge in [0.15, 0.2) is 0 Å². The molecule has 1 aliphatic heterocycles. The van der Waals surface area contributed by atoms with E-state index < -0.39 is 0 Å². The molecule has 2 heterocycles. The fourth-order valence-electron chi connectivity index (χ4n) is 3.11. The summed E-state index contributed by atoms with van der Waals surface area (Å²) >= 11 is 0. The van der Waals surface area contributed by atoms with E-state index in [0.29, 0.717) is 6.04 Å². The summed E-state index contributed by atoms with van der Waals surface area (Å²) < 4.78 is 0. The lowest BCUT2D eigenvalue weighted by Gasteiger charge is -2.36. The minimum absolute atomic E-state index is 0.0529. The van der Waals surface area contributed by atoms with Crippen LogP contribution in [0, 0.1) is 0 Å². The van der Waals surface area contributed by atoms with Gasteiger partial charge in [0, 0.05) is 18.5 Å². The first-order valence-electron chi connectivity index (χ1n) is 7.60. The van der Waals surface area contributed by atoms with Crippen LogP contribution in [-0.4, -0.2) is 48.2 Å². The van der Waals surface area contributed by atoms with Crippen molar-refractivity contribution >= 4 is 16.7 Å². The van der Waals surface area contributed by atoms with Gasteiger partial charge in [0.2, 0.25) is 0 Å². The number of nitrogens with zero attached hydrogens (tertiary/aromatic N) is 3. The van der Waals surface area contributed by atoms with E-state index in [9.17, 15) is 5.11 Å². The largest absolute Gasteiger partial charge is 0.392 e. The van der Waals surface area contributed by atoms with E-state index in [2.05, 4.69) is 23.9 Å². The van der Waals surface area contributed by atoms with Crippen LogP contribution in [0.5, 0.6) is 0 Å². The number of anilines is 1. The molecule has 1 N–H and O–H groups in total. The van der Waals surface area contributed by atoms with Crippen molar-refractivity contribution in [3.8, 4) is 0 Å². The summed E-state index contributed by atoms with van der Waals surface area (Å²) in [4.78, 5) is 9.43. The molecule has 2 aromatic rings. The third kappa shape index (κ3) is 2.87. The molecule has 0 saturated carbocycles. The van der Waals surface area contributed by atoms with Gasteiger partial charge in [-0.15, -0.1) is 0 Å². The van der Waals surface area contributed by atoms with E-state index in [1.54, 1.807) is 0 Å². The molecule has 1 aromatic carbocycles. The molecule has 0 amide bonds. The molecule has 0 bridgehead atoms. The highest BCUT2D eigenvalue weighted by Crippen LogP contribution is 2.25. The third-order valence-electron chi connectivity index (χ3n) is 4.56. The number of hydrogen-bond acceptors (Lipinski definition) is 4. The minimum Gasteiger partial charge on any atom is -0.392 e. The van der Waals surface area contributed by atoms with Crippen LogP contribution >= 0.6 is 0 Å².